The second-order valence-electron chi connectivity index (χ2n) is 13.8. The van der Waals surface area contributed by atoms with Crippen molar-refractivity contribution in [3.63, 3.8) is 0 Å². The number of methoxy groups -OCH3 is 1. The Kier molecular flexibility index (Phi) is 7.60. The van der Waals surface area contributed by atoms with Crippen LogP contribution in [0.4, 0.5) is 0 Å². The van der Waals surface area contributed by atoms with Crippen LogP contribution < -0.4 is 0 Å². The number of ketones is 1. The van der Waals surface area contributed by atoms with Gasteiger partial charge in [0.25, 0.3) is 0 Å². The standard InChI is InChI=1S/C34H44O9/c1-10-18(2)30(38)42-29-28(41-20(4)35)27(32(7)13-11-24(36)31(5,6)23(32)16-26(37)39-9)19(3)34-25(43-34)15-22(33(29,34)8)21-12-14-40-17-21/h11-14,17-18,22-23,25,27-29H,3,10,15-16H2,1-2,4-9H3/t18-,22+,23+,25-,27-,28-,29+,32+,33-,34-/m1/s1. The van der Waals surface area contributed by atoms with E-state index < -0.39 is 63.8 Å². The molecule has 1 aromatic heterocycles. The number of rotatable bonds is 8. The van der Waals surface area contributed by atoms with Gasteiger partial charge in [-0.3, -0.25) is 19.2 Å². The van der Waals surface area contributed by atoms with Crippen LogP contribution in [0.25, 0.3) is 0 Å². The second kappa shape index (κ2) is 10.5. The normalized spacial score (nSPS) is 39.8. The molecule has 9 heteroatoms. The minimum absolute atomic E-state index is 0.0455. The van der Waals surface area contributed by atoms with Crippen molar-refractivity contribution in [1.82, 2.24) is 0 Å². The van der Waals surface area contributed by atoms with Gasteiger partial charge in [0.05, 0.1) is 43.5 Å². The zero-order valence-electron chi connectivity index (χ0n) is 26.4. The maximum absolute atomic E-state index is 13.6. The third-order valence-electron chi connectivity index (χ3n) is 11.4. The number of ether oxygens (including phenoxy) is 4. The maximum atomic E-state index is 13.6. The highest BCUT2D eigenvalue weighted by Gasteiger charge is 2.84. The van der Waals surface area contributed by atoms with E-state index in [0.717, 1.165) is 5.56 Å². The molecule has 1 aromatic rings. The molecule has 1 aliphatic heterocycles. The zero-order valence-corrected chi connectivity index (χ0v) is 26.4. The molecule has 4 aliphatic rings. The predicted molar refractivity (Wildman–Crippen MR) is 155 cm³/mol. The van der Waals surface area contributed by atoms with Crippen LogP contribution in [0.3, 0.4) is 0 Å². The SMILES string of the molecule is C=C1[C@@H]([C@@]2(C)C=CC(=O)C(C)(C)[C@@H]2CC(=O)OC)[C@@H](OC(C)=O)[C@H](OC(=O)[C@H](C)CC)[C@@]2(C)[C@H](c3ccoc3)C[C@H]3O[C@]132. The third-order valence-corrected chi connectivity index (χ3v) is 11.4. The van der Waals surface area contributed by atoms with E-state index in [4.69, 9.17) is 23.4 Å². The van der Waals surface area contributed by atoms with Gasteiger partial charge in [0.15, 0.2) is 5.78 Å². The lowest BCUT2D eigenvalue weighted by molar-refractivity contribution is -0.210. The molecular formula is C34H44O9. The molecule has 3 aliphatic carbocycles. The van der Waals surface area contributed by atoms with Crippen molar-refractivity contribution in [2.24, 2.45) is 34.0 Å². The van der Waals surface area contributed by atoms with Crippen LogP contribution in [0, 0.1) is 34.0 Å². The molecule has 0 unspecified atom stereocenters. The first-order valence-corrected chi connectivity index (χ1v) is 15.2. The van der Waals surface area contributed by atoms with Gasteiger partial charge >= 0.3 is 17.9 Å². The summed E-state index contributed by atoms with van der Waals surface area (Å²) in [5.74, 6) is -3.26. The van der Waals surface area contributed by atoms with E-state index in [1.165, 1.54) is 14.0 Å². The Labute approximate surface area is 253 Å². The van der Waals surface area contributed by atoms with Crippen molar-refractivity contribution in [2.45, 2.75) is 97.6 Å². The van der Waals surface area contributed by atoms with Gasteiger partial charge in [-0.25, -0.2) is 0 Å². The molecule has 43 heavy (non-hydrogen) atoms. The average Bonchev–Trinajstić information content (AvgIpc) is 3.30. The quantitative estimate of drug-likeness (QED) is 0.169. The van der Waals surface area contributed by atoms with E-state index in [0.29, 0.717) is 18.4 Å². The molecule has 0 bridgehead atoms. The van der Waals surface area contributed by atoms with Crippen molar-refractivity contribution in [3.05, 3.63) is 48.5 Å². The minimum Gasteiger partial charge on any atom is -0.472 e. The van der Waals surface area contributed by atoms with Crippen LogP contribution >= 0.6 is 0 Å². The highest BCUT2D eigenvalue weighted by Crippen LogP contribution is 2.76. The number of esters is 3. The number of epoxide rings is 1. The Balaban J connectivity index is 1.74. The summed E-state index contributed by atoms with van der Waals surface area (Å²) in [7, 11) is 1.32. The molecule has 0 radical (unpaired) electrons. The topological polar surface area (TPSA) is 122 Å². The summed E-state index contributed by atoms with van der Waals surface area (Å²) in [5.41, 5.74) is -2.01. The molecular weight excluding hydrogens is 552 g/mol. The van der Waals surface area contributed by atoms with Crippen molar-refractivity contribution in [3.8, 4) is 0 Å². The van der Waals surface area contributed by atoms with Crippen molar-refractivity contribution >= 4 is 23.7 Å². The van der Waals surface area contributed by atoms with E-state index in [-0.39, 0.29) is 30.1 Å². The van der Waals surface area contributed by atoms with Gasteiger partial charge in [-0.2, -0.15) is 0 Å². The lowest BCUT2D eigenvalue weighted by Crippen LogP contribution is -2.66. The fourth-order valence-electron chi connectivity index (χ4n) is 8.76. The number of hydrogen-bond acceptors (Lipinski definition) is 9. The Bertz CT molecular complexity index is 1360. The van der Waals surface area contributed by atoms with Gasteiger partial charge in [0.1, 0.15) is 17.8 Å². The minimum atomic E-state index is -0.982. The lowest BCUT2D eigenvalue weighted by atomic mass is 9.46. The fraction of sp³-hybridized carbons (Fsp3) is 0.647. The van der Waals surface area contributed by atoms with Crippen molar-refractivity contribution in [2.75, 3.05) is 7.11 Å². The number of carbonyl (C=O) groups is 4. The summed E-state index contributed by atoms with van der Waals surface area (Å²) in [6.07, 6.45) is 5.72. The lowest BCUT2D eigenvalue weighted by Gasteiger charge is -2.59. The molecule has 1 saturated heterocycles. The van der Waals surface area contributed by atoms with Gasteiger partial charge in [0.2, 0.25) is 0 Å². The Morgan fingerprint density at radius 3 is 2.44 bits per heavy atom. The maximum Gasteiger partial charge on any atom is 0.309 e. The molecule has 3 fully saturated rings. The predicted octanol–water partition coefficient (Wildman–Crippen LogP) is 5.34. The first-order chi connectivity index (χ1) is 20.1. The van der Waals surface area contributed by atoms with Gasteiger partial charge in [-0.15, -0.1) is 0 Å². The third kappa shape index (κ3) is 4.36. The molecule has 9 nitrogen and oxygen atoms in total. The van der Waals surface area contributed by atoms with E-state index in [1.54, 1.807) is 18.6 Å². The van der Waals surface area contributed by atoms with Crippen LogP contribution in [0.2, 0.25) is 0 Å². The van der Waals surface area contributed by atoms with Gasteiger partial charge in [0, 0.05) is 29.6 Å². The van der Waals surface area contributed by atoms with Gasteiger partial charge in [-0.05, 0) is 42.0 Å². The first-order valence-electron chi connectivity index (χ1n) is 15.2. The highest BCUT2D eigenvalue weighted by molar-refractivity contribution is 5.96. The molecule has 10 atom stereocenters. The van der Waals surface area contributed by atoms with E-state index in [9.17, 15) is 19.2 Å². The van der Waals surface area contributed by atoms with E-state index >= 15 is 0 Å². The van der Waals surface area contributed by atoms with Crippen LogP contribution in [0.15, 0.2) is 47.3 Å². The molecule has 2 heterocycles. The number of carbonyl (C=O) groups excluding carboxylic acids is 4. The number of furan rings is 1. The summed E-state index contributed by atoms with van der Waals surface area (Å²) in [6.45, 7) is 17.3. The summed E-state index contributed by atoms with van der Waals surface area (Å²) in [4.78, 5) is 52.5. The molecule has 1 spiro atoms. The molecule has 0 N–H and O–H groups in total. The monoisotopic (exact) mass is 596 g/mol. The van der Waals surface area contributed by atoms with E-state index in [2.05, 4.69) is 6.58 Å². The first kappa shape index (κ1) is 31.2. The Hall–Kier alpha value is -3.20. The molecule has 234 valence electrons. The second-order valence-corrected chi connectivity index (χ2v) is 13.8. The van der Waals surface area contributed by atoms with Crippen LogP contribution in [-0.4, -0.2) is 54.7 Å². The summed E-state index contributed by atoms with van der Waals surface area (Å²) < 4.78 is 29.8. The Morgan fingerprint density at radius 1 is 1.16 bits per heavy atom. The highest BCUT2D eigenvalue weighted by atomic mass is 16.6. The molecule has 0 aromatic carbocycles. The zero-order chi connectivity index (χ0) is 31.7. The fourth-order valence-corrected chi connectivity index (χ4v) is 8.76. The Morgan fingerprint density at radius 2 is 1.86 bits per heavy atom. The largest absolute Gasteiger partial charge is 0.472 e. The number of hydrogen-bond donors (Lipinski definition) is 0. The summed E-state index contributed by atoms with van der Waals surface area (Å²) in [6, 6.07) is 1.91. The van der Waals surface area contributed by atoms with Crippen LogP contribution in [0.1, 0.15) is 79.2 Å². The average molecular weight is 597 g/mol. The molecule has 5 rings (SSSR count). The molecule has 0 amide bonds. The van der Waals surface area contributed by atoms with E-state index in [1.807, 2.05) is 53.7 Å². The van der Waals surface area contributed by atoms with Crippen molar-refractivity contribution in [1.29, 1.82) is 0 Å². The summed E-state index contributed by atoms with van der Waals surface area (Å²) >= 11 is 0. The smallest absolute Gasteiger partial charge is 0.309 e. The van der Waals surface area contributed by atoms with Crippen LogP contribution in [-0.2, 0) is 38.1 Å². The van der Waals surface area contributed by atoms with Gasteiger partial charge < -0.3 is 23.4 Å². The van der Waals surface area contributed by atoms with Crippen LogP contribution in [0.5, 0.6) is 0 Å². The molecule has 2 saturated carbocycles. The van der Waals surface area contributed by atoms with Crippen molar-refractivity contribution < 1.29 is 42.5 Å². The van der Waals surface area contributed by atoms with Gasteiger partial charge in [-0.1, -0.05) is 54.2 Å². The number of allylic oxidation sites excluding steroid dienone is 2. The summed E-state index contributed by atoms with van der Waals surface area (Å²) in [5, 5.41) is 0.